The van der Waals surface area contributed by atoms with Crippen LogP contribution in [0.3, 0.4) is 0 Å². The molecule has 21 heteroatoms. The Bertz CT molecular complexity index is 959. The van der Waals surface area contributed by atoms with Crippen LogP contribution in [0.15, 0.2) is 0 Å². The molecule has 0 aliphatic rings. The third kappa shape index (κ3) is 44.5. The Morgan fingerprint density at radius 3 is 1.10 bits per heavy atom. The number of amides is 3. The minimum atomic E-state index is -1.11. The van der Waals surface area contributed by atoms with Crippen LogP contribution in [0.2, 0.25) is 0 Å². The maximum atomic E-state index is 12.0. The fourth-order valence-electron chi connectivity index (χ4n) is 4.49. The fraction of sp³-hybridized carbons (Fsp3) is 0.892. The van der Waals surface area contributed by atoms with Crippen molar-refractivity contribution in [3.05, 3.63) is 0 Å². The Kier molecular flexibility index (Phi) is 43.4. The van der Waals surface area contributed by atoms with Crippen LogP contribution in [0.25, 0.3) is 0 Å². The first-order valence-corrected chi connectivity index (χ1v) is 20.2. The van der Waals surface area contributed by atoms with Gasteiger partial charge in [-0.3, -0.25) is 24.0 Å². The van der Waals surface area contributed by atoms with Gasteiger partial charge in [-0.15, -0.1) is 0 Å². The second-order valence-corrected chi connectivity index (χ2v) is 12.5. The second kappa shape index (κ2) is 45.4. The largest absolute Gasteiger partial charge is 0.480 e. The summed E-state index contributed by atoms with van der Waals surface area (Å²) in [4.78, 5) is 49.6. The molecule has 21 nitrogen and oxygen atoms in total. The predicted octanol–water partition coefficient (Wildman–Crippen LogP) is -1.08. The van der Waals surface area contributed by atoms with Gasteiger partial charge in [0.25, 0.3) is 0 Å². The zero-order chi connectivity index (χ0) is 42.4. The van der Waals surface area contributed by atoms with Gasteiger partial charge in [0.1, 0.15) is 12.6 Å². The number of nitrogens with two attached hydrogens (primary N) is 2. The molecule has 58 heavy (non-hydrogen) atoms. The molecule has 0 radical (unpaired) electrons. The smallest absolute Gasteiger partial charge is 0.320 e. The van der Waals surface area contributed by atoms with E-state index in [1.807, 2.05) is 0 Å². The van der Waals surface area contributed by atoms with Crippen molar-refractivity contribution in [2.75, 3.05) is 158 Å². The van der Waals surface area contributed by atoms with Crippen molar-refractivity contribution in [3.8, 4) is 0 Å². The van der Waals surface area contributed by atoms with Gasteiger partial charge in [0.15, 0.2) is 0 Å². The van der Waals surface area contributed by atoms with Gasteiger partial charge in [-0.25, -0.2) is 5.90 Å². The summed E-state index contributed by atoms with van der Waals surface area (Å²) in [5.41, 5.74) is 5.39. The van der Waals surface area contributed by atoms with Gasteiger partial charge in [0.05, 0.1) is 132 Å². The van der Waals surface area contributed by atoms with E-state index in [1.54, 1.807) is 0 Å². The average molecular weight is 844 g/mol. The Hall–Kier alpha value is -2.64. The highest BCUT2D eigenvalue weighted by Crippen LogP contribution is 2.05. The molecule has 0 saturated heterocycles. The molecular formula is C37H73N5O16. The molecule has 0 aromatic rings. The SMILES string of the molecule is NOCC(=O)NCCOCCOCCOCCOCCOCCOCCOCCOCCOCCOCCNC(=O)CCCCCCCNC(=O)CC[C@H](N)C(=O)O. The van der Waals surface area contributed by atoms with E-state index >= 15 is 0 Å². The molecule has 0 fully saturated rings. The maximum Gasteiger partial charge on any atom is 0.320 e. The van der Waals surface area contributed by atoms with E-state index in [4.69, 9.17) is 64.1 Å². The molecule has 0 saturated carbocycles. The molecule has 0 rings (SSSR count). The lowest BCUT2D eigenvalue weighted by Gasteiger charge is -2.09. The second-order valence-electron chi connectivity index (χ2n) is 12.5. The third-order valence-electron chi connectivity index (χ3n) is 7.60. The molecular weight excluding hydrogens is 770 g/mol. The number of rotatable bonds is 47. The molecule has 0 spiro atoms. The van der Waals surface area contributed by atoms with Gasteiger partial charge in [0, 0.05) is 32.5 Å². The Morgan fingerprint density at radius 1 is 0.414 bits per heavy atom. The average Bonchev–Trinajstić information content (AvgIpc) is 3.21. The van der Waals surface area contributed by atoms with Crippen LogP contribution in [0, 0.1) is 0 Å². The molecule has 342 valence electrons. The summed E-state index contributed by atoms with van der Waals surface area (Å²) in [6.07, 6.45) is 5.17. The van der Waals surface area contributed by atoms with Crippen molar-refractivity contribution in [2.24, 2.45) is 11.6 Å². The van der Waals surface area contributed by atoms with Crippen molar-refractivity contribution in [1.29, 1.82) is 0 Å². The lowest BCUT2D eigenvalue weighted by molar-refractivity contribution is -0.138. The van der Waals surface area contributed by atoms with Gasteiger partial charge < -0.3 is 74.2 Å². The van der Waals surface area contributed by atoms with Crippen molar-refractivity contribution >= 4 is 23.7 Å². The molecule has 0 unspecified atom stereocenters. The lowest BCUT2D eigenvalue weighted by Crippen LogP contribution is -2.32. The van der Waals surface area contributed by atoms with Crippen molar-refractivity contribution in [2.45, 2.75) is 57.4 Å². The topological polar surface area (TPSA) is 278 Å². The van der Waals surface area contributed by atoms with Crippen molar-refractivity contribution in [1.82, 2.24) is 16.0 Å². The van der Waals surface area contributed by atoms with Crippen LogP contribution in [0.1, 0.15) is 51.4 Å². The number of carbonyl (C=O) groups excluding carboxylic acids is 3. The Labute approximate surface area is 343 Å². The van der Waals surface area contributed by atoms with Crippen LogP contribution >= 0.6 is 0 Å². The molecule has 1 atom stereocenters. The van der Waals surface area contributed by atoms with Crippen LogP contribution in [-0.2, 0) is 71.4 Å². The molecule has 0 aromatic carbocycles. The van der Waals surface area contributed by atoms with E-state index in [9.17, 15) is 19.2 Å². The first-order chi connectivity index (χ1) is 28.4. The van der Waals surface area contributed by atoms with E-state index in [2.05, 4.69) is 20.8 Å². The standard InChI is InChI=1S/C37H73N5O16/c38-33(37(46)47)7-8-35(44)40-9-5-3-1-2-4-6-34(43)41-10-12-48-14-16-50-18-20-52-22-24-54-26-28-56-30-31-57-29-27-55-25-23-53-21-19-51-17-15-49-13-11-42-36(45)32-58-39/h33H,1-32,38-39H2,(H,40,44)(H,41,43)(H,42,45)(H,46,47)/t33-/m0/s1. The summed E-state index contributed by atoms with van der Waals surface area (Å²) in [5, 5.41) is 16.9. The molecule has 0 bridgehead atoms. The number of carboxylic acid groups (broad SMARTS) is 1. The van der Waals surface area contributed by atoms with Gasteiger partial charge >= 0.3 is 5.97 Å². The molecule has 0 aliphatic carbocycles. The number of hydrogen-bond acceptors (Lipinski definition) is 17. The zero-order valence-corrected chi connectivity index (χ0v) is 34.4. The predicted molar refractivity (Wildman–Crippen MR) is 210 cm³/mol. The van der Waals surface area contributed by atoms with Crippen molar-refractivity contribution < 1.29 is 76.5 Å². The zero-order valence-electron chi connectivity index (χ0n) is 34.4. The third-order valence-corrected chi connectivity index (χ3v) is 7.60. The molecule has 0 aliphatic heterocycles. The molecule has 8 N–H and O–H groups in total. The minimum Gasteiger partial charge on any atom is -0.480 e. The molecule has 3 amide bonds. The maximum absolute atomic E-state index is 12.0. The molecule has 0 heterocycles. The Balaban J connectivity index is 3.19. The van der Waals surface area contributed by atoms with Crippen LogP contribution in [0.4, 0.5) is 0 Å². The number of unbranched alkanes of at least 4 members (excludes halogenated alkanes) is 4. The first-order valence-electron chi connectivity index (χ1n) is 20.2. The lowest BCUT2D eigenvalue weighted by atomic mass is 10.1. The number of hydrogen-bond donors (Lipinski definition) is 6. The van der Waals surface area contributed by atoms with Gasteiger partial charge in [-0.05, 0) is 19.3 Å². The number of nitrogens with one attached hydrogen (secondary N) is 3. The van der Waals surface area contributed by atoms with E-state index in [0.29, 0.717) is 158 Å². The Morgan fingerprint density at radius 2 is 0.724 bits per heavy atom. The van der Waals surface area contributed by atoms with E-state index in [1.165, 1.54) is 0 Å². The van der Waals surface area contributed by atoms with Gasteiger partial charge in [0.2, 0.25) is 17.7 Å². The normalized spacial score (nSPS) is 11.8. The summed E-state index contributed by atoms with van der Waals surface area (Å²) in [5.74, 6) is 3.22. The van der Waals surface area contributed by atoms with Crippen LogP contribution in [0.5, 0.6) is 0 Å². The first kappa shape index (κ1) is 55.4. The number of carboxylic acids is 1. The van der Waals surface area contributed by atoms with Crippen molar-refractivity contribution in [3.63, 3.8) is 0 Å². The summed E-state index contributed by atoms with van der Waals surface area (Å²) in [7, 11) is 0. The highest BCUT2D eigenvalue weighted by Gasteiger charge is 2.13. The van der Waals surface area contributed by atoms with Gasteiger partial charge in [-0.1, -0.05) is 19.3 Å². The summed E-state index contributed by atoms with van der Waals surface area (Å²) in [6.45, 7) is 10.2. The monoisotopic (exact) mass is 844 g/mol. The quantitative estimate of drug-likeness (QED) is 0.0314. The number of aliphatic carboxylic acids is 1. The van der Waals surface area contributed by atoms with Crippen LogP contribution < -0.4 is 27.6 Å². The highest BCUT2D eigenvalue weighted by molar-refractivity contribution is 5.78. The van der Waals surface area contributed by atoms with E-state index in [0.717, 1.165) is 32.1 Å². The van der Waals surface area contributed by atoms with Crippen LogP contribution in [-0.4, -0.2) is 193 Å². The van der Waals surface area contributed by atoms with E-state index in [-0.39, 0.29) is 37.2 Å². The summed E-state index contributed by atoms with van der Waals surface area (Å²) >= 11 is 0. The minimum absolute atomic E-state index is 0.000938. The van der Waals surface area contributed by atoms with E-state index < -0.39 is 12.0 Å². The number of ether oxygens (including phenoxy) is 10. The fourth-order valence-corrected chi connectivity index (χ4v) is 4.49. The highest BCUT2D eigenvalue weighted by atomic mass is 16.6. The van der Waals surface area contributed by atoms with Gasteiger partial charge in [-0.2, -0.15) is 0 Å². The summed E-state index contributed by atoms with van der Waals surface area (Å²) < 4.78 is 54.5. The summed E-state index contributed by atoms with van der Waals surface area (Å²) in [6, 6.07) is -1.01. The number of carbonyl (C=O) groups is 4. The molecule has 0 aromatic heterocycles.